The Balaban J connectivity index is 1.27. The SMILES string of the molecule is CCCn1c(SCc2nc(-c3ccc(OCc4ccccc4)cc3)no2)nc2ccccc2c1=O. The van der Waals surface area contributed by atoms with E-state index in [4.69, 9.17) is 14.2 Å². The average molecular weight is 485 g/mol. The lowest BCUT2D eigenvalue weighted by Gasteiger charge is -2.11. The van der Waals surface area contributed by atoms with Crippen molar-refractivity contribution in [1.29, 1.82) is 0 Å². The van der Waals surface area contributed by atoms with Gasteiger partial charge in [-0.15, -0.1) is 0 Å². The van der Waals surface area contributed by atoms with Crippen molar-refractivity contribution < 1.29 is 9.26 Å². The third-order valence-electron chi connectivity index (χ3n) is 5.43. The first-order valence-electron chi connectivity index (χ1n) is 11.4. The lowest BCUT2D eigenvalue weighted by atomic mass is 10.2. The van der Waals surface area contributed by atoms with E-state index >= 15 is 0 Å². The minimum Gasteiger partial charge on any atom is -0.489 e. The third kappa shape index (κ3) is 5.27. The van der Waals surface area contributed by atoms with Crippen molar-refractivity contribution in [2.24, 2.45) is 0 Å². The molecule has 2 heterocycles. The molecule has 176 valence electrons. The van der Waals surface area contributed by atoms with Crippen molar-refractivity contribution in [2.45, 2.75) is 37.4 Å². The fourth-order valence-electron chi connectivity index (χ4n) is 3.68. The second-order valence-corrected chi connectivity index (χ2v) is 8.91. The molecule has 0 spiro atoms. The van der Waals surface area contributed by atoms with E-state index < -0.39 is 0 Å². The van der Waals surface area contributed by atoms with Crippen LogP contribution in [0.2, 0.25) is 0 Å². The molecule has 7 nitrogen and oxygen atoms in total. The summed E-state index contributed by atoms with van der Waals surface area (Å²) in [6.07, 6.45) is 0.837. The van der Waals surface area contributed by atoms with E-state index in [0.717, 1.165) is 23.3 Å². The van der Waals surface area contributed by atoms with Crippen molar-refractivity contribution in [1.82, 2.24) is 19.7 Å². The van der Waals surface area contributed by atoms with Gasteiger partial charge in [-0.2, -0.15) is 4.98 Å². The van der Waals surface area contributed by atoms with Gasteiger partial charge in [-0.25, -0.2) is 4.98 Å². The van der Waals surface area contributed by atoms with Crippen LogP contribution in [0.25, 0.3) is 22.3 Å². The highest BCUT2D eigenvalue weighted by molar-refractivity contribution is 7.98. The molecule has 0 unspecified atom stereocenters. The summed E-state index contributed by atoms with van der Waals surface area (Å²) in [4.78, 5) is 22.2. The molecule has 3 aromatic carbocycles. The van der Waals surface area contributed by atoms with E-state index in [1.807, 2.05) is 85.8 Å². The molecule has 0 saturated heterocycles. The van der Waals surface area contributed by atoms with Crippen LogP contribution in [0.4, 0.5) is 0 Å². The van der Waals surface area contributed by atoms with Gasteiger partial charge in [0.15, 0.2) is 5.16 Å². The zero-order valence-electron chi connectivity index (χ0n) is 19.3. The van der Waals surface area contributed by atoms with Crippen LogP contribution in [0.1, 0.15) is 24.8 Å². The molecule has 35 heavy (non-hydrogen) atoms. The van der Waals surface area contributed by atoms with Gasteiger partial charge in [0.05, 0.1) is 16.7 Å². The van der Waals surface area contributed by atoms with Crippen LogP contribution in [-0.4, -0.2) is 19.7 Å². The normalized spacial score (nSPS) is 11.1. The van der Waals surface area contributed by atoms with Gasteiger partial charge in [-0.3, -0.25) is 9.36 Å². The zero-order chi connectivity index (χ0) is 24.0. The Morgan fingerprint density at radius 3 is 2.51 bits per heavy atom. The summed E-state index contributed by atoms with van der Waals surface area (Å²) in [5.41, 5.74) is 2.61. The number of rotatable bonds is 9. The number of para-hydroxylation sites is 1. The molecule has 0 saturated carbocycles. The molecule has 2 aromatic heterocycles. The number of hydrogen-bond acceptors (Lipinski definition) is 7. The van der Waals surface area contributed by atoms with E-state index in [-0.39, 0.29) is 5.56 Å². The van der Waals surface area contributed by atoms with Crippen LogP contribution in [0.3, 0.4) is 0 Å². The van der Waals surface area contributed by atoms with Crippen molar-refractivity contribution in [2.75, 3.05) is 0 Å². The molecule has 0 fully saturated rings. The fourth-order valence-corrected chi connectivity index (χ4v) is 4.54. The zero-order valence-corrected chi connectivity index (χ0v) is 20.1. The maximum atomic E-state index is 12.9. The molecule has 0 radical (unpaired) electrons. The Labute approximate surface area is 206 Å². The average Bonchev–Trinajstić information content (AvgIpc) is 3.38. The quantitative estimate of drug-likeness (QED) is 0.195. The Morgan fingerprint density at radius 1 is 0.943 bits per heavy atom. The maximum Gasteiger partial charge on any atom is 0.262 e. The predicted octanol–water partition coefficient (Wildman–Crippen LogP) is 5.73. The summed E-state index contributed by atoms with van der Waals surface area (Å²) in [6.45, 7) is 3.15. The Bertz CT molecular complexity index is 1480. The van der Waals surface area contributed by atoms with Gasteiger partial charge in [0.25, 0.3) is 5.56 Å². The molecule has 0 N–H and O–H groups in total. The molecular formula is C27H24N4O3S. The smallest absolute Gasteiger partial charge is 0.262 e. The van der Waals surface area contributed by atoms with Gasteiger partial charge in [-0.1, -0.05) is 66.3 Å². The highest BCUT2D eigenvalue weighted by Gasteiger charge is 2.14. The first-order valence-corrected chi connectivity index (χ1v) is 12.4. The van der Waals surface area contributed by atoms with Crippen LogP contribution in [0.5, 0.6) is 5.75 Å². The van der Waals surface area contributed by atoms with E-state index in [1.165, 1.54) is 11.8 Å². The largest absolute Gasteiger partial charge is 0.489 e. The third-order valence-corrected chi connectivity index (χ3v) is 6.39. The maximum absolute atomic E-state index is 12.9. The van der Waals surface area contributed by atoms with Crippen LogP contribution >= 0.6 is 11.8 Å². The van der Waals surface area contributed by atoms with E-state index in [0.29, 0.717) is 46.7 Å². The van der Waals surface area contributed by atoms with Gasteiger partial charge in [0.2, 0.25) is 11.7 Å². The molecule has 8 heteroatoms. The van der Waals surface area contributed by atoms with E-state index in [1.54, 1.807) is 4.57 Å². The van der Waals surface area contributed by atoms with Gasteiger partial charge in [0, 0.05) is 12.1 Å². The van der Waals surface area contributed by atoms with Crippen molar-refractivity contribution in [3.63, 3.8) is 0 Å². The molecule has 0 aliphatic heterocycles. The van der Waals surface area contributed by atoms with Crippen molar-refractivity contribution in [3.8, 4) is 17.1 Å². The molecule has 5 rings (SSSR count). The minimum absolute atomic E-state index is 0.0271. The summed E-state index contributed by atoms with van der Waals surface area (Å²) in [6, 6.07) is 25.0. The summed E-state index contributed by atoms with van der Waals surface area (Å²) >= 11 is 1.42. The van der Waals surface area contributed by atoms with Gasteiger partial charge in [-0.05, 0) is 48.4 Å². The second-order valence-electron chi connectivity index (χ2n) is 7.97. The standard InChI is InChI=1S/C27H24N4O3S/c1-2-16-31-26(32)22-10-6-7-11-23(22)28-27(31)35-18-24-29-25(30-34-24)20-12-14-21(15-13-20)33-17-19-8-4-3-5-9-19/h3-15H,2,16-18H2,1H3. The number of thioether (sulfide) groups is 1. The Kier molecular flexibility index (Phi) is 6.90. The summed E-state index contributed by atoms with van der Waals surface area (Å²) in [5.74, 6) is 2.17. The van der Waals surface area contributed by atoms with Crippen molar-refractivity contribution >= 4 is 22.7 Å². The number of ether oxygens (including phenoxy) is 1. The van der Waals surface area contributed by atoms with Crippen LogP contribution < -0.4 is 10.3 Å². The molecule has 5 aromatic rings. The highest BCUT2D eigenvalue weighted by atomic mass is 32.2. The monoisotopic (exact) mass is 484 g/mol. The van der Waals surface area contributed by atoms with Gasteiger partial charge >= 0.3 is 0 Å². The molecule has 0 aliphatic rings. The van der Waals surface area contributed by atoms with Crippen LogP contribution in [-0.2, 0) is 18.9 Å². The van der Waals surface area contributed by atoms with E-state index in [2.05, 4.69) is 10.1 Å². The molecular weight excluding hydrogens is 460 g/mol. The van der Waals surface area contributed by atoms with Gasteiger partial charge < -0.3 is 9.26 Å². The van der Waals surface area contributed by atoms with Crippen LogP contribution in [0.15, 0.2) is 93.3 Å². The summed E-state index contributed by atoms with van der Waals surface area (Å²) < 4.78 is 13.0. The lowest BCUT2D eigenvalue weighted by molar-refractivity contribution is 0.306. The number of aromatic nitrogens is 4. The Morgan fingerprint density at radius 2 is 1.71 bits per heavy atom. The van der Waals surface area contributed by atoms with Crippen LogP contribution in [0, 0.1) is 0 Å². The first kappa shape index (κ1) is 22.9. The number of hydrogen-bond donors (Lipinski definition) is 0. The fraction of sp³-hybridized carbons (Fsp3) is 0.185. The van der Waals surface area contributed by atoms with E-state index in [9.17, 15) is 4.79 Å². The highest BCUT2D eigenvalue weighted by Crippen LogP contribution is 2.25. The number of benzene rings is 3. The first-order chi connectivity index (χ1) is 17.2. The summed E-state index contributed by atoms with van der Waals surface area (Å²) in [5, 5.41) is 5.39. The summed E-state index contributed by atoms with van der Waals surface area (Å²) in [7, 11) is 0. The topological polar surface area (TPSA) is 83.0 Å². The molecule has 0 amide bonds. The molecule has 0 aliphatic carbocycles. The Hall–Kier alpha value is -3.91. The number of fused-ring (bicyclic) bond motifs is 1. The van der Waals surface area contributed by atoms with Gasteiger partial charge in [0.1, 0.15) is 12.4 Å². The molecule has 0 atom stereocenters. The molecule has 0 bridgehead atoms. The lowest BCUT2D eigenvalue weighted by Crippen LogP contribution is -2.23. The van der Waals surface area contributed by atoms with Crippen molar-refractivity contribution in [3.05, 3.63) is 101 Å². The second kappa shape index (κ2) is 10.6. The number of nitrogens with zero attached hydrogens (tertiary/aromatic N) is 4. The predicted molar refractivity (Wildman–Crippen MR) is 136 cm³/mol. The minimum atomic E-state index is -0.0271.